The number of benzene rings is 2. The summed E-state index contributed by atoms with van der Waals surface area (Å²) in [6.45, 7) is 0. The van der Waals surface area contributed by atoms with Crippen LogP contribution in [0.3, 0.4) is 0 Å². The van der Waals surface area contributed by atoms with Gasteiger partial charge in [0.2, 0.25) is 0 Å². The minimum absolute atomic E-state index is 0.340. The van der Waals surface area contributed by atoms with Crippen LogP contribution in [0.2, 0.25) is 0 Å². The maximum Gasteiger partial charge on any atom is 0.118 e. The standard InChI is InChI=1S/C26H27N3O3/c1-30-20-10-6-18(7-11-20)26(19-8-12-21(31-2)13-9-19)15-14-22-23(16-26)27-28-25(22)24(29-32-3)17-4-5-17/h6-15,17H,4-5,16H2,1-3H3,(H,27,28). The molecule has 2 aliphatic rings. The second kappa shape index (κ2) is 8.19. The highest BCUT2D eigenvalue weighted by Gasteiger charge is 2.39. The van der Waals surface area contributed by atoms with Crippen LogP contribution in [0, 0.1) is 5.92 Å². The van der Waals surface area contributed by atoms with Gasteiger partial charge in [0.1, 0.15) is 30.0 Å². The van der Waals surface area contributed by atoms with Gasteiger partial charge in [-0.3, -0.25) is 5.10 Å². The second-order valence-corrected chi connectivity index (χ2v) is 8.34. The molecule has 0 amide bonds. The van der Waals surface area contributed by atoms with Crippen LogP contribution in [0.15, 0.2) is 59.8 Å². The smallest absolute Gasteiger partial charge is 0.118 e. The lowest BCUT2D eigenvalue weighted by Crippen LogP contribution is -2.30. The molecule has 0 aliphatic heterocycles. The number of aromatic amines is 1. The Hall–Kier alpha value is -3.54. The highest BCUT2D eigenvalue weighted by atomic mass is 16.6. The molecule has 1 aromatic heterocycles. The molecule has 0 atom stereocenters. The molecule has 1 saturated carbocycles. The van der Waals surface area contributed by atoms with Gasteiger partial charge < -0.3 is 14.3 Å². The van der Waals surface area contributed by atoms with E-state index in [1.165, 1.54) is 11.1 Å². The van der Waals surface area contributed by atoms with E-state index in [0.717, 1.165) is 53.4 Å². The third kappa shape index (κ3) is 3.45. The number of ether oxygens (including phenoxy) is 2. The minimum atomic E-state index is -0.340. The molecule has 0 spiro atoms. The first-order valence-electron chi connectivity index (χ1n) is 10.9. The van der Waals surface area contributed by atoms with Crippen molar-refractivity contribution >= 4 is 11.8 Å². The average molecular weight is 430 g/mol. The summed E-state index contributed by atoms with van der Waals surface area (Å²) < 4.78 is 10.8. The number of allylic oxidation sites excluding steroid dienone is 1. The zero-order valence-corrected chi connectivity index (χ0v) is 18.6. The van der Waals surface area contributed by atoms with Crippen LogP contribution in [0.4, 0.5) is 0 Å². The first-order chi connectivity index (χ1) is 15.7. The number of hydrogen-bond donors (Lipinski definition) is 1. The van der Waals surface area contributed by atoms with Gasteiger partial charge in [-0.2, -0.15) is 5.10 Å². The fourth-order valence-electron chi connectivity index (χ4n) is 4.57. The van der Waals surface area contributed by atoms with Crippen molar-refractivity contribution in [2.75, 3.05) is 21.3 Å². The van der Waals surface area contributed by atoms with Crippen molar-refractivity contribution in [1.82, 2.24) is 10.2 Å². The van der Waals surface area contributed by atoms with Gasteiger partial charge in [0, 0.05) is 29.0 Å². The molecular formula is C26H27N3O3. The zero-order chi connectivity index (χ0) is 22.1. The Morgan fingerprint density at radius 3 is 2.03 bits per heavy atom. The number of nitrogens with zero attached hydrogens (tertiary/aromatic N) is 2. The Kier molecular flexibility index (Phi) is 5.21. The lowest BCUT2D eigenvalue weighted by Gasteiger charge is -2.34. The summed E-state index contributed by atoms with van der Waals surface area (Å²) in [5.74, 6) is 2.12. The molecule has 32 heavy (non-hydrogen) atoms. The van der Waals surface area contributed by atoms with Crippen molar-refractivity contribution in [3.63, 3.8) is 0 Å². The van der Waals surface area contributed by atoms with Crippen molar-refractivity contribution in [1.29, 1.82) is 0 Å². The van der Waals surface area contributed by atoms with E-state index in [1.807, 2.05) is 24.3 Å². The summed E-state index contributed by atoms with van der Waals surface area (Å²) in [4.78, 5) is 5.13. The molecule has 0 saturated heterocycles. The number of fused-ring (bicyclic) bond motifs is 1. The molecule has 6 heteroatoms. The number of H-pyrrole nitrogens is 1. The molecule has 2 aromatic carbocycles. The third-order valence-corrected chi connectivity index (χ3v) is 6.48. The molecular weight excluding hydrogens is 402 g/mol. The molecule has 1 heterocycles. The lowest BCUT2D eigenvalue weighted by molar-refractivity contribution is 0.212. The van der Waals surface area contributed by atoms with Gasteiger partial charge in [-0.25, -0.2) is 0 Å². The Morgan fingerprint density at radius 1 is 0.938 bits per heavy atom. The fraction of sp³-hybridized carbons (Fsp3) is 0.308. The van der Waals surface area contributed by atoms with E-state index < -0.39 is 0 Å². The topological polar surface area (TPSA) is 68.7 Å². The second-order valence-electron chi connectivity index (χ2n) is 8.34. The van der Waals surface area contributed by atoms with Crippen LogP contribution >= 0.6 is 0 Å². The maximum absolute atomic E-state index is 5.39. The van der Waals surface area contributed by atoms with Gasteiger partial charge >= 0.3 is 0 Å². The van der Waals surface area contributed by atoms with Crippen LogP contribution in [-0.2, 0) is 16.7 Å². The summed E-state index contributed by atoms with van der Waals surface area (Å²) in [6.07, 6.45) is 7.49. The van der Waals surface area contributed by atoms with Gasteiger partial charge in [-0.15, -0.1) is 0 Å². The van der Waals surface area contributed by atoms with E-state index in [1.54, 1.807) is 21.3 Å². The van der Waals surface area contributed by atoms with Crippen LogP contribution in [0.25, 0.3) is 6.08 Å². The number of hydrogen-bond acceptors (Lipinski definition) is 5. The number of rotatable bonds is 7. The molecule has 1 N–H and O–H groups in total. The number of methoxy groups -OCH3 is 2. The summed E-state index contributed by atoms with van der Waals surface area (Å²) >= 11 is 0. The highest BCUT2D eigenvalue weighted by molar-refractivity contribution is 6.04. The monoisotopic (exact) mass is 429 g/mol. The molecule has 5 rings (SSSR count). The Balaban J connectivity index is 1.60. The molecule has 0 unspecified atom stereocenters. The van der Waals surface area contributed by atoms with Crippen LogP contribution in [-0.4, -0.2) is 37.2 Å². The number of nitrogens with one attached hydrogen (secondary N) is 1. The molecule has 2 aliphatic carbocycles. The summed E-state index contributed by atoms with van der Waals surface area (Å²) in [5, 5.41) is 12.3. The Bertz CT molecular complexity index is 1110. The maximum atomic E-state index is 5.39. The van der Waals surface area contributed by atoms with E-state index in [2.05, 4.69) is 51.8 Å². The van der Waals surface area contributed by atoms with E-state index in [-0.39, 0.29) is 5.41 Å². The van der Waals surface area contributed by atoms with Gasteiger partial charge in [0.05, 0.1) is 14.2 Å². The zero-order valence-electron chi connectivity index (χ0n) is 18.6. The first kappa shape index (κ1) is 20.4. The summed E-state index contributed by atoms with van der Waals surface area (Å²) in [6, 6.07) is 16.6. The van der Waals surface area contributed by atoms with Crippen LogP contribution < -0.4 is 9.47 Å². The van der Waals surface area contributed by atoms with Crippen molar-refractivity contribution in [3.8, 4) is 11.5 Å². The van der Waals surface area contributed by atoms with Crippen LogP contribution in [0.1, 0.15) is 40.9 Å². The molecule has 0 radical (unpaired) electrons. The van der Waals surface area contributed by atoms with E-state index in [4.69, 9.17) is 14.3 Å². The fourth-order valence-corrected chi connectivity index (χ4v) is 4.57. The third-order valence-electron chi connectivity index (χ3n) is 6.48. The molecule has 6 nitrogen and oxygen atoms in total. The SMILES string of the molecule is CON=C(c1n[nH]c2c1C=CC(c1ccc(OC)cc1)(c1ccc(OC)cc1)C2)C1CC1. The van der Waals surface area contributed by atoms with Crippen molar-refractivity contribution in [3.05, 3.63) is 82.7 Å². The number of oxime groups is 1. The van der Waals surface area contributed by atoms with Gasteiger partial charge in [-0.1, -0.05) is 41.6 Å². The van der Waals surface area contributed by atoms with Crippen molar-refractivity contribution in [2.45, 2.75) is 24.7 Å². The van der Waals surface area contributed by atoms with Crippen LogP contribution in [0.5, 0.6) is 11.5 Å². The predicted molar refractivity (Wildman–Crippen MR) is 124 cm³/mol. The Morgan fingerprint density at radius 2 is 1.53 bits per heavy atom. The molecule has 3 aromatic rings. The largest absolute Gasteiger partial charge is 0.497 e. The van der Waals surface area contributed by atoms with Crippen molar-refractivity contribution < 1.29 is 14.3 Å². The quantitative estimate of drug-likeness (QED) is 0.435. The molecule has 1 fully saturated rings. The van der Waals surface area contributed by atoms with E-state index in [9.17, 15) is 0 Å². The van der Waals surface area contributed by atoms with Gasteiger partial charge in [0.25, 0.3) is 0 Å². The summed E-state index contributed by atoms with van der Waals surface area (Å²) in [5.41, 5.74) is 6.08. The predicted octanol–water partition coefficient (Wildman–Crippen LogP) is 4.74. The number of aromatic nitrogens is 2. The lowest BCUT2D eigenvalue weighted by atomic mass is 9.68. The van der Waals surface area contributed by atoms with E-state index >= 15 is 0 Å². The highest BCUT2D eigenvalue weighted by Crippen LogP contribution is 2.43. The van der Waals surface area contributed by atoms with Gasteiger partial charge in [-0.05, 0) is 48.2 Å². The molecule has 164 valence electrons. The minimum Gasteiger partial charge on any atom is -0.497 e. The van der Waals surface area contributed by atoms with Gasteiger partial charge in [0.15, 0.2) is 0 Å². The first-order valence-corrected chi connectivity index (χ1v) is 10.9. The van der Waals surface area contributed by atoms with Crippen molar-refractivity contribution in [2.24, 2.45) is 11.1 Å². The molecule has 0 bridgehead atoms. The van der Waals surface area contributed by atoms with E-state index in [0.29, 0.717) is 5.92 Å². The summed E-state index contributed by atoms with van der Waals surface area (Å²) in [7, 11) is 4.97. The average Bonchev–Trinajstić information content (AvgIpc) is 3.61. The normalized spacial score (nSPS) is 17.0. The Labute approximate surface area is 187 Å².